The fourth-order valence-electron chi connectivity index (χ4n) is 2.95. The summed E-state index contributed by atoms with van der Waals surface area (Å²) in [4.78, 5) is 29.7. The number of carboxylic acids is 1. The summed E-state index contributed by atoms with van der Waals surface area (Å²) in [5.74, 6) is -1.09. The minimum atomic E-state index is -1.01. The van der Waals surface area contributed by atoms with E-state index in [9.17, 15) is 9.59 Å². The van der Waals surface area contributed by atoms with Crippen molar-refractivity contribution in [2.24, 2.45) is 0 Å². The van der Waals surface area contributed by atoms with Crippen molar-refractivity contribution < 1.29 is 14.7 Å². The largest absolute Gasteiger partial charge is 0.478 e. The van der Waals surface area contributed by atoms with Gasteiger partial charge in [-0.15, -0.1) is 0 Å². The standard InChI is InChI=1S/C16H22N2O3/c1-3-6-12-7-4-5-10-18(12)15(19)14-9-8-13(16(20)21)11(2)17-14/h8-9,12H,3-7,10H2,1-2H3,(H,20,21). The van der Waals surface area contributed by atoms with Gasteiger partial charge in [-0.2, -0.15) is 0 Å². The second-order valence-electron chi connectivity index (χ2n) is 5.57. The number of rotatable bonds is 4. The molecule has 1 fully saturated rings. The maximum absolute atomic E-state index is 12.6. The number of carboxylic acid groups (broad SMARTS) is 1. The molecule has 1 aromatic rings. The number of aromatic carboxylic acids is 1. The van der Waals surface area contributed by atoms with Gasteiger partial charge in [-0.25, -0.2) is 9.78 Å². The monoisotopic (exact) mass is 290 g/mol. The molecule has 1 amide bonds. The number of aromatic nitrogens is 1. The molecular formula is C16H22N2O3. The van der Waals surface area contributed by atoms with E-state index >= 15 is 0 Å². The number of likely N-dealkylation sites (tertiary alicyclic amines) is 1. The summed E-state index contributed by atoms with van der Waals surface area (Å²) in [6, 6.07) is 3.28. The summed E-state index contributed by atoms with van der Waals surface area (Å²) >= 11 is 0. The summed E-state index contributed by atoms with van der Waals surface area (Å²) in [7, 11) is 0. The molecule has 1 aromatic heterocycles. The van der Waals surface area contributed by atoms with Gasteiger partial charge < -0.3 is 10.0 Å². The highest BCUT2D eigenvalue weighted by atomic mass is 16.4. The van der Waals surface area contributed by atoms with Crippen LogP contribution >= 0.6 is 0 Å². The molecule has 0 aliphatic carbocycles. The Labute approximate surface area is 125 Å². The molecule has 1 aliphatic rings. The first-order chi connectivity index (χ1) is 10.0. The van der Waals surface area contributed by atoms with E-state index in [2.05, 4.69) is 11.9 Å². The summed E-state index contributed by atoms with van der Waals surface area (Å²) in [5, 5.41) is 9.02. The van der Waals surface area contributed by atoms with Crippen molar-refractivity contribution in [3.05, 3.63) is 29.1 Å². The molecule has 1 saturated heterocycles. The molecule has 0 spiro atoms. The first-order valence-electron chi connectivity index (χ1n) is 7.56. The third-order valence-corrected chi connectivity index (χ3v) is 4.05. The predicted octanol–water partition coefficient (Wildman–Crippen LogP) is 2.88. The number of piperidine rings is 1. The normalized spacial score (nSPS) is 18.6. The van der Waals surface area contributed by atoms with Gasteiger partial charge in [0.1, 0.15) is 5.69 Å². The zero-order valence-corrected chi connectivity index (χ0v) is 12.6. The van der Waals surface area contributed by atoms with Crippen LogP contribution in [0.4, 0.5) is 0 Å². The molecule has 1 unspecified atom stereocenters. The Morgan fingerprint density at radius 2 is 2.14 bits per heavy atom. The van der Waals surface area contributed by atoms with Crippen molar-refractivity contribution in [3.8, 4) is 0 Å². The molecule has 0 aromatic carbocycles. The van der Waals surface area contributed by atoms with Crippen molar-refractivity contribution >= 4 is 11.9 Å². The third-order valence-electron chi connectivity index (χ3n) is 4.05. The highest BCUT2D eigenvalue weighted by Gasteiger charge is 2.27. The molecule has 0 bridgehead atoms. The van der Waals surface area contributed by atoms with Gasteiger partial charge in [-0.05, 0) is 44.7 Å². The fraction of sp³-hybridized carbons (Fsp3) is 0.562. The SMILES string of the molecule is CCCC1CCCCN1C(=O)c1ccc(C(=O)O)c(C)n1. The van der Waals surface area contributed by atoms with Crippen molar-refractivity contribution in [2.45, 2.75) is 52.0 Å². The number of pyridine rings is 1. The van der Waals surface area contributed by atoms with Gasteiger partial charge >= 0.3 is 5.97 Å². The smallest absolute Gasteiger partial charge is 0.337 e. The van der Waals surface area contributed by atoms with Crippen LogP contribution in [0.5, 0.6) is 0 Å². The summed E-state index contributed by atoms with van der Waals surface area (Å²) in [6.45, 7) is 4.52. The molecule has 2 heterocycles. The van der Waals surface area contributed by atoms with Crippen LogP contribution in [0, 0.1) is 6.92 Å². The molecule has 5 nitrogen and oxygen atoms in total. The topological polar surface area (TPSA) is 70.5 Å². The average molecular weight is 290 g/mol. The number of hydrogen-bond acceptors (Lipinski definition) is 3. The Morgan fingerprint density at radius 1 is 1.38 bits per heavy atom. The second-order valence-corrected chi connectivity index (χ2v) is 5.57. The van der Waals surface area contributed by atoms with E-state index in [1.807, 2.05) is 4.90 Å². The van der Waals surface area contributed by atoms with Crippen molar-refractivity contribution in [1.82, 2.24) is 9.88 Å². The Hall–Kier alpha value is -1.91. The van der Waals surface area contributed by atoms with E-state index in [1.165, 1.54) is 18.6 Å². The first-order valence-corrected chi connectivity index (χ1v) is 7.56. The lowest BCUT2D eigenvalue weighted by Crippen LogP contribution is -2.44. The van der Waals surface area contributed by atoms with Crippen molar-refractivity contribution in [3.63, 3.8) is 0 Å². The lowest BCUT2D eigenvalue weighted by Gasteiger charge is -2.35. The summed E-state index contributed by atoms with van der Waals surface area (Å²) < 4.78 is 0. The van der Waals surface area contributed by atoms with Gasteiger partial charge in [0.25, 0.3) is 5.91 Å². The molecule has 0 saturated carbocycles. The number of amides is 1. The van der Waals surface area contributed by atoms with Crippen LogP contribution in [0.1, 0.15) is 65.6 Å². The molecule has 1 atom stereocenters. The van der Waals surface area contributed by atoms with E-state index < -0.39 is 5.97 Å². The summed E-state index contributed by atoms with van der Waals surface area (Å²) in [5.41, 5.74) is 0.883. The van der Waals surface area contributed by atoms with Crippen LogP contribution in [0.3, 0.4) is 0 Å². The van der Waals surface area contributed by atoms with E-state index in [0.717, 1.165) is 32.2 Å². The van der Waals surface area contributed by atoms with E-state index in [0.29, 0.717) is 11.4 Å². The zero-order valence-electron chi connectivity index (χ0n) is 12.6. The zero-order chi connectivity index (χ0) is 15.4. The van der Waals surface area contributed by atoms with E-state index in [-0.39, 0.29) is 17.5 Å². The molecule has 5 heteroatoms. The molecule has 1 N–H and O–H groups in total. The maximum Gasteiger partial charge on any atom is 0.337 e. The molecule has 1 aliphatic heterocycles. The summed E-state index contributed by atoms with van der Waals surface area (Å²) in [6.07, 6.45) is 5.31. The van der Waals surface area contributed by atoms with Crippen LogP contribution < -0.4 is 0 Å². The van der Waals surface area contributed by atoms with Crippen LogP contribution in [-0.2, 0) is 0 Å². The minimum absolute atomic E-state index is 0.0758. The number of hydrogen-bond donors (Lipinski definition) is 1. The van der Waals surface area contributed by atoms with Gasteiger partial charge in [0.05, 0.1) is 11.3 Å². The third kappa shape index (κ3) is 3.40. The minimum Gasteiger partial charge on any atom is -0.478 e. The Balaban J connectivity index is 2.22. The molecule has 0 radical (unpaired) electrons. The number of aryl methyl sites for hydroxylation is 1. The van der Waals surface area contributed by atoms with Crippen molar-refractivity contribution in [1.29, 1.82) is 0 Å². The van der Waals surface area contributed by atoms with Gasteiger partial charge in [-0.1, -0.05) is 13.3 Å². The number of carbonyl (C=O) groups excluding carboxylic acids is 1. The molecule has 21 heavy (non-hydrogen) atoms. The van der Waals surface area contributed by atoms with Gasteiger partial charge in [0.15, 0.2) is 0 Å². The van der Waals surface area contributed by atoms with E-state index in [4.69, 9.17) is 5.11 Å². The van der Waals surface area contributed by atoms with Crippen LogP contribution in [0.15, 0.2) is 12.1 Å². The number of carbonyl (C=O) groups is 2. The lowest BCUT2D eigenvalue weighted by atomic mass is 9.97. The highest BCUT2D eigenvalue weighted by molar-refractivity contribution is 5.94. The van der Waals surface area contributed by atoms with Crippen molar-refractivity contribution in [2.75, 3.05) is 6.54 Å². The fourth-order valence-corrected chi connectivity index (χ4v) is 2.95. The average Bonchev–Trinajstić information content (AvgIpc) is 2.47. The Bertz CT molecular complexity index is 540. The second kappa shape index (κ2) is 6.70. The Morgan fingerprint density at radius 3 is 2.76 bits per heavy atom. The number of nitrogens with zero attached hydrogens (tertiary/aromatic N) is 2. The molecule has 114 valence electrons. The highest BCUT2D eigenvalue weighted by Crippen LogP contribution is 2.22. The Kier molecular flexibility index (Phi) is 4.94. The van der Waals surface area contributed by atoms with Gasteiger partial charge in [-0.3, -0.25) is 4.79 Å². The quantitative estimate of drug-likeness (QED) is 0.925. The molecule has 2 rings (SSSR count). The van der Waals surface area contributed by atoms with Crippen LogP contribution in [0.2, 0.25) is 0 Å². The van der Waals surface area contributed by atoms with Crippen LogP contribution in [0.25, 0.3) is 0 Å². The van der Waals surface area contributed by atoms with Gasteiger partial charge in [0, 0.05) is 12.6 Å². The first kappa shape index (κ1) is 15.5. The predicted molar refractivity (Wildman–Crippen MR) is 79.5 cm³/mol. The maximum atomic E-state index is 12.6. The van der Waals surface area contributed by atoms with E-state index in [1.54, 1.807) is 6.92 Å². The van der Waals surface area contributed by atoms with Crippen LogP contribution in [-0.4, -0.2) is 39.5 Å². The molecular weight excluding hydrogens is 268 g/mol. The van der Waals surface area contributed by atoms with Gasteiger partial charge in [0.2, 0.25) is 0 Å². The lowest BCUT2D eigenvalue weighted by molar-refractivity contribution is 0.0592.